The molecule has 1 aromatic carbocycles. The molecule has 0 bridgehead atoms. The summed E-state index contributed by atoms with van der Waals surface area (Å²) in [6.45, 7) is 4.50. The molecule has 0 spiro atoms. The summed E-state index contributed by atoms with van der Waals surface area (Å²) in [4.78, 5) is 0. The highest BCUT2D eigenvalue weighted by atomic mass is 14.9. The second kappa shape index (κ2) is 4.69. The van der Waals surface area contributed by atoms with Crippen LogP contribution in [-0.2, 0) is 0 Å². The Morgan fingerprint density at radius 1 is 1.13 bits per heavy atom. The van der Waals surface area contributed by atoms with E-state index < -0.39 is 0 Å². The molecule has 0 aromatic heterocycles. The van der Waals surface area contributed by atoms with Crippen molar-refractivity contribution in [3.05, 3.63) is 29.8 Å². The van der Waals surface area contributed by atoms with Gasteiger partial charge in [0.1, 0.15) is 0 Å². The fraction of sp³-hybridized carbons (Fsp3) is 0.571. The van der Waals surface area contributed by atoms with E-state index in [2.05, 4.69) is 43.4 Å². The summed E-state index contributed by atoms with van der Waals surface area (Å²) in [6, 6.07) is 9.42. The number of hydrogen-bond donors (Lipinski definition) is 1. The van der Waals surface area contributed by atoms with E-state index in [1.165, 1.54) is 36.9 Å². The van der Waals surface area contributed by atoms with E-state index in [1.807, 2.05) is 0 Å². The maximum Gasteiger partial charge on any atom is 0.0342 e. The minimum atomic E-state index is 0.691. The Balaban J connectivity index is 1.93. The number of nitrogens with one attached hydrogen (secondary N) is 1. The summed E-state index contributed by atoms with van der Waals surface area (Å²) in [5.74, 6) is 0.890. The van der Waals surface area contributed by atoms with Gasteiger partial charge in [-0.3, -0.25) is 0 Å². The van der Waals surface area contributed by atoms with Crippen LogP contribution in [-0.4, -0.2) is 6.04 Å². The number of benzene rings is 1. The lowest BCUT2D eigenvalue weighted by Crippen LogP contribution is -2.26. The fourth-order valence-electron chi connectivity index (χ4n) is 2.45. The van der Waals surface area contributed by atoms with Crippen LogP contribution in [0.5, 0.6) is 0 Å². The molecule has 1 N–H and O–H groups in total. The van der Waals surface area contributed by atoms with Crippen LogP contribution in [0.4, 0.5) is 5.69 Å². The predicted octanol–water partition coefficient (Wildman–Crippen LogP) is 3.99. The molecule has 2 rings (SSSR count). The highest BCUT2D eigenvalue weighted by Crippen LogP contribution is 2.26. The summed E-state index contributed by atoms with van der Waals surface area (Å²) in [5, 5.41) is 3.64. The SMILES string of the molecule is Cc1ccc(N[C@H]2CCC[C@H](C)C2)cc1. The van der Waals surface area contributed by atoms with E-state index in [1.54, 1.807) is 0 Å². The number of rotatable bonds is 2. The molecule has 0 unspecified atom stereocenters. The van der Waals surface area contributed by atoms with Gasteiger partial charge < -0.3 is 5.32 Å². The van der Waals surface area contributed by atoms with E-state index in [0.717, 1.165) is 5.92 Å². The zero-order valence-corrected chi connectivity index (χ0v) is 9.79. The first-order valence-electron chi connectivity index (χ1n) is 6.07. The summed E-state index contributed by atoms with van der Waals surface area (Å²) in [5.41, 5.74) is 2.61. The Morgan fingerprint density at radius 2 is 1.87 bits per heavy atom. The van der Waals surface area contributed by atoms with Crippen LogP contribution in [0.3, 0.4) is 0 Å². The first-order chi connectivity index (χ1) is 7.24. The lowest BCUT2D eigenvalue weighted by molar-refractivity contribution is 0.358. The molecule has 82 valence electrons. The maximum atomic E-state index is 3.64. The van der Waals surface area contributed by atoms with Crippen molar-refractivity contribution < 1.29 is 0 Å². The topological polar surface area (TPSA) is 12.0 Å². The molecule has 2 atom stereocenters. The molecular formula is C14H21N. The van der Waals surface area contributed by atoms with Crippen molar-refractivity contribution in [2.75, 3.05) is 5.32 Å². The molecule has 1 aliphatic rings. The molecule has 1 fully saturated rings. The third-order valence-corrected chi connectivity index (χ3v) is 3.36. The van der Waals surface area contributed by atoms with Crippen LogP contribution >= 0.6 is 0 Å². The maximum absolute atomic E-state index is 3.64. The molecule has 0 saturated heterocycles. The molecule has 0 amide bonds. The van der Waals surface area contributed by atoms with Crippen LogP contribution in [0.2, 0.25) is 0 Å². The molecule has 0 aliphatic heterocycles. The van der Waals surface area contributed by atoms with Crippen LogP contribution in [0.1, 0.15) is 38.2 Å². The predicted molar refractivity (Wildman–Crippen MR) is 66.2 cm³/mol. The van der Waals surface area contributed by atoms with Gasteiger partial charge in [-0.2, -0.15) is 0 Å². The Hall–Kier alpha value is -0.980. The van der Waals surface area contributed by atoms with Crippen LogP contribution in [0, 0.1) is 12.8 Å². The lowest BCUT2D eigenvalue weighted by Gasteiger charge is -2.28. The van der Waals surface area contributed by atoms with E-state index in [4.69, 9.17) is 0 Å². The summed E-state index contributed by atoms with van der Waals surface area (Å²) < 4.78 is 0. The minimum Gasteiger partial charge on any atom is -0.382 e. The van der Waals surface area contributed by atoms with Gasteiger partial charge in [-0.05, 0) is 37.8 Å². The molecule has 1 aliphatic carbocycles. The molecule has 1 saturated carbocycles. The highest BCUT2D eigenvalue weighted by Gasteiger charge is 2.18. The lowest BCUT2D eigenvalue weighted by atomic mass is 9.87. The van der Waals surface area contributed by atoms with Crippen molar-refractivity contribution in [3.63, 3.8) is 0 Å². The van der Waals surface area contributed by atoms with E-state index in [0.29, 0.717) is 6.04 Å². The highest BCUT2D eigenvalue weighted by molar-refractivity contribution is 5.45. The third-order valence-electron chi connectivity index (χ3n) is 3.36. The molecule has 1 nitrogen and oxygen atoms in total. The van der Waals surface area contributed by atoms with E-state index in [9.17, 15) is 0 Å². The van der Waals surface area contributed by atoms with Gasteiger partial charge in [0.2, 0.25) is 0 Å². The Bertz CT molecular complexity index is 302. The molecule has 1 aromatic rings. The number of aryl methyl sites for hydroxylation is 1. The molecule has 0 radical (unpaired) electrons. The van der Waals surface area contributed by atoms with E-state index in [-0.39, 0.29) is 0 Å². The second-order valence-electron chi connectivity index (χ2n) is 4.98. The zero-order chi connectivity index (χ0) is 10.7. The Labute approximate surface area is 92.9 Å². The van der Waals surface area contributed by atoms with Gasteiger partial charge in [0.05, 0.1) is 0 Å². The van der Waals surface area contributed by atoms with Crippen molar-refractivity contribution in [2.45, 2.75) is 45.6 Å². The normalized spacial score (nSPS) is 26.3. The van der Waals surface area contributed by atoms with E-state index >= 15 is 0 Å². The minimum absolute atomic E-state index is 0.691. The first kappa shape index (κ1) is 10.5. The second-order valence-corrected chi connectivity index (χ2v) is 4.98. The van der Waals surface area contributed by atoms with Gasteiger partial charge in [-0.1, -0.05) is 37.5 Å². The number of hydrogen-bond acceptors (Lipinski definition) is 1. The largest absolute Gasteiger partial charge is 0.382 e. The van der Waals surface area contributed by atoms with Crippen LogP contribution in [0.25, 0.3) is 0 Å². The Kier molecular flexibility index (Phi) is 3.30. The van der Waals surface area contributed by atoms with Crippen molar-refractivity contribution >= 4 is 5.69 Å². The van der Waals surface area contributed by atoms with Crippen LogP contribution in [0.15, 0.2) is 24.3 Å². The first-order valence-corrected chi connectivity index (χ1v) is 6.07. The average molecular weight is 203 g/mol. The van der Waals surface area contributed by atoms with Gasteiger partial charge >= 0.3 is 0 Å². The third kappa shape index (κ3) is 2.98. The van der Waals surface area contributed by atoms with Crippen molar-refractivity contribution in [3.8, 4) is 0 Å². The molecule has 1 heteroatoms. The quantitative estimate of drug-likeness (QED) is 0.766. The zero-order valence-electron chi connectivity index (χ0n) is 9.79. The molecule has 0 heterocycles. The standard InChI is InChI=1S/C14H21N/c1-11-6-8-13(9-7-11)15-14-5-3-4-12(2)10-14/h6-9,12,14-15H,3-5,10H2,1-2H3/t12-,14-/m0/s1. The van der Waals surface area contributed by atoms with Crippen molar-refractivity contribution in [1.82, 2.24) is 0 Å². The Morgan fingerprint density at radius 3 is 2.53 bits per heavy atom. The summed E-state index contributed by atoms with van der Waals surface area (Å²) in [7, 11) is 0. The fourth-order valence-corrected chi connectivity index (χ4v) is 2.45. The number of anilines is 1. The molecule has 15 heavy (non-hydrogen) atoms. The van der Waals surface area contributed by atoms with Gasteiger partial charge in [0.15, 0.2) is 0 Å². The van der Waals surface area contributed by atoms with Gasteiger partial charge in [0, 0.05) is 11.7 Å². The summed E-state index contributed by atoms with van der Waals surface area (Å²) in [6.07, 6.45) is 5.45. The molecular weight excluding hydrogens is 182 g/mol. The van der Waals surface area contributed by atoms with Crippen molar-refractivity contribution in [1.29, 1.82) is 0 Å². The monoisotopic (exact) mass is 203 g/mol. The van der Waals surface area contributed by atoms with Crippen molar-refractivity contribution in [2.24, 2.45) is 5.92 Å². The average Bonchev–Trinajstić information content (AvgIpc) is 2.22. The van der Waals surface area contributed by atoms with Crippen LogP contribution < -0.4 is 5.32 Å². The van der Waals surface area contributed by atoms with Gasteiger partial charge in [-0.15, -0.1) is 0 Å². The smallest absolute Gasteiger partial charge is 0.0342 e. The van der Waals surface area contributed by atoms with Gasteiger partial charge in [-0.25, -0.2) is 0 Å². The summed E-state index contributed by atoms with van der Waals surface area (Å²) >= 11 is 0. The van der Waals surface area contributed by atoms with Gasteiger partial charge in [0.25, 0.3) is 0 Å².